The third-order valence-electron chi connectivity index (χ3n) is 2.54. The van der Waals surface area contributed by atoms with Crippen LogP contribution in [0.15, 0.2) is 24.3 Å². The first-order chi connectivity index (χ1) is 9.67. The number of hydrogen-bond donors (Lipinski definition) is 1. The number of carbonyl (C=O) groups is 2. The second-order valence-corrected chi connectivity index (χ2v) is 4.33. The minimum Gasteiger partial charge on any atom is -0.462 e. The third kappa shape index (κ3) is 5.73. The summed E-state index contributed by atoms with van der Waals surface area (Å²) < 4.78 is 9.99. The zero-order valence-electron chi connectivity index (χ0n) is 12.0. The average molecular weight is 279 g/mol. The van der Waals surface area contributed by atoms with Gasteiger partial charge in [-0.3, -0.25) is 5.32 Å². The number of amides is 1. The topological polar surface area (TPSA) is 64.6 Å². The van der Waals surface area contributed by atoms with Gasteiger partial charge in [-0.2, -0.15) is 0 Å². The smallest absolute Gasteiger partial charge is 0.411 e. The first-order valence-corrected chi connectivity index (χ1v) is 6.88. The van der Waals surface area contributed by atoms with Crippen LogP contribution in [0.5, 0.6) is 0 Å². The SMILES string of the molecule is CCCCOC(=O)c1ccc(NC(=O)OCCC)cc1. The summed E-state index contributed by atoms with van der Waals surface area (Å²) in [5, 5.41) is 2.58. The Kier molecular flexibility index (Phi) is 7.17. The number of benzene rings is 1. The van der Waals surface area contributed by atoms with Crippen molar-refractivity contribution in [1.82, 2.24) is 0 Å². The Morgan fingerprint density at radius 1 is 1.00 bits per heavy atom. The zero-order chi connectivity index (χ0) is 14.8. The van der Waals surface area contributed by atoms with Crippen LogP contribution in [0.1, 0.15) is 43.5 Å². The van der Waals surface area contributed by atoms with E-state index in [9.17, 15) is 9.59 Å². The Morgan fingerprint density at radius 2 is 1.70 bits per heavy atom. The predicted octanol–water partition coefficient (Wildman–Crippen LogP) is 3.60. The van der Waals surface area contributed by atoms with E-state index in [0.29, 0.717) is 24.5 Å². The molecule has 5 heteroatoms. The van der Waals surface area contributed by atoms with Gasteiger partial charge in [-0.15, -0.1) is 0 Å². The quantitative estimate of drug-likeness (QED) is 0.611. The Labute approximate surface area is 119 Å². The maximum absolute atomic E-state index is 11.7. The number of rotatable bonds is 7. The van der Waals surface area contributed by atoms with Crippen molar-refractivity contribution in [3.05, 3.63) is 29.8 Å². The molecule has 0 unspecified atom stereocenters. The summed E-state index contributed by atoms with van der Waals surface area (Å²) >= 11 is 0. The van der Waals surface area contributed by atoms with E-state index < -0.39 is 6.09 Å². The molecule has 0 aromatic heterocycles. The maximum Gasteiger partial charge on any atom is 0.411 e. The van der Waals surface area contributed by atoms with Gasteiger partial charge in [0.1, 0.15) is 0 Å². The molecule has 1 rings (SSSR count). The van der Waals surface area contributed by atoms with Crippen molar-refractivity contribution in [2.24, 2.45) is 0 Å². The molecular formula is C15H21NO4. The van der Waals surface area contributed by atoms with Crippen LogP contribution in [-0.4, -0.2) is 25.3 Å². The number of ether oxygens (including phenoxy) is 2. The molecule has 0 atom stereocenters. The van der Waals surface area contributed by atoms with E-state index in [1.807, 2.05) is 13.8 Å². The lowest BCUT2D eigenvalue weighted by atomic mass is 10.2. The van der Waals surface area contributed by atoms with Crippen LogP contribution in [0.2, 0.25) is 0 Å². The molecule has 1 N–H and O–H groups in total. The summed E-state index contributed by atoms with van der Waals surface area (Å²) in [6.45, 7) is 4.77. The molecule has 0 saturated carbocycles. The fraction of sp³-hybridized carbons (Fsp3) is 0.467. The van der Waals surface area contributed by atoms with Crippen LogP contribution in [0.3, 0.4) is 0 Å². The highest BCUT2D eigenvalue weighted by Gasteiger charge is 2.07. The number of carbonyl (C=O) groups excluding carboxylic acids is 2. The van der Waals surface area contributed by atoms with E-state index in [0.717, 1.165) is 19.3 Å². The van der Waals surface area contributed by atoms with Gasteiger partial charge in [0.05, 0.1) is 18.8 Å². The highest BCUT2D eigenvalue weighted by atomic mass is 16.5. The van der Waals surface area contributed by atoms with Crippen LogP contribution in [-0.2, 0) is 9.47 Å². The molecule has 110 valence electrons. The fourth-order valence-electron chi connectivity index (χ4n) is 1.43. The Morgan fingerprint density at radius 3 is 2.30 bits per heavy atom. The number of esters is 1. The molecule has 1 amide bonds. The Balaban J connectivity index is 2.47. The van der Waals surface area contributed by atoms with E-state index >= 15 is 0 Å². The summed E-state index contributed by atoms with van der Waals surface area (Å²) in [5.74, 6) is -0.349. The largest absolute Gasteiger partial charge is 0.462 e. The van der Waals surface area contributed by atoms with E-state index in [4.69, 9.17) is 9.47 Å². The van der Waals surface area contributed by atoms with Gasteiger partial charge in [-0.1, -0.05) is 20.3 Å². The number of unbranched alkanes of at least 4 members (excludes halogenated alkanes) is 1. The highest BCUT2D eigenvalue weighted by Crippen LogP contribution is 2.11. The monoisotopic (exact) mass is 279 g/mol. The normalized spacial score (nSPS) is 9.90. The molecule has 0 aliphatic carbocycles. The summed E-state index contributed by atoms with van der Waals surface area (Å²) in [5.41, 5.74) is 1.05. The molecule has 0 aliphatic heterocycles. The Hall–Kier alpha value is -2.04. The van der Waals surface area contributed by atoms with Gasteiger partial charge >= 0.3 is 12.1 Å². The summed E-state index contributed by atoms with van der Waals surface area (Å²) in [7, 11) is 0. The van der Waals surface area contributed by atoms with Crippen molar-refractivity contribution in [3.8, 4) is 0 Å². The van der Waals surface area contributed by atoms with Gasteiger partial charge in [-0.25, -0.2) is 9.59 Å². The van der Waals surface area contributed by atoms with Crippen molar-refractivity contribution >= 4 is 17.7 Å². The summed E-state index contributed by atoms with van der Waals surface area (Å²) in [6, 6.07) is 6.51. The molecule has 20 heavy (non-hydrogen) atoms. The van der Waals surface area contributed by atoms with Crippen molar-refractivity contribution < 1.29 is 19.1 Å². The van der Waals surface area contributed by atoms with Gasteiger partial charge in [0.15, 0.2) is 0 Å². The van der Waals surface area contributed by atoms with Crippen LogP contribution in [0.4, 0.5) is 10.5 Å². The average Bonchev–Trinajstić information content (AvgIpc) is 2.46. The van der Waals surface area contributed by atoms with Gasteiger partial charge in [0.25, 0.3) is 0 Å². The van der Waals surface area contributed by atoms with Crippen molar-refractivity contribution in [2.75, 3.05) is 18.5 Å². The minimum atomic E-state index is -0.495. The number of hydrogen-bond acceptors (Lipinski definition) is 4. The lowest BCUT2D eigenvalue weighted by molar-refractivity contribution is 0.0500. The molecule has 5 nitrogen and oxygen atoms in total. The second kappa shape index (κ2) is 8.96. The molecule has 1 aromatic carbocycles. The maximum atomic E-state index is 11.7. The summed E-state index contributed by atoms with van der Waals surface area (Å²) in [6.07, 6.45) is 2.12. The lowest BCUT2D eigenvalue weighted by Gasteiger charge is -2.07. The van der Waals surface area contributed by atoms with Gasteiger partial charge in [0.2, 0.25) is 0 Å². The zero-order valence-corrected chi connectivity index (χ0v) is 12.0. The van der Waals surface area contributed by atoms with Crippen LogP contribution in [0.25, 0.3) is 0 Å². The number of anilines is 1. The van der Waals surface area contributed by atoms with Crippen LogP contribution >= 0.6 is 0 Å². The molecule has 0 radical (unpaired) electrons. The van der Waals surface area contributed by atoms with E-state index in [-0.39, 0.29) is 5.97 Å². The lowest BCUT2D eigenvalue weighted by Crippen LogP contribution is -2.14. The summed E-state index contributed by atoms with van der Waals surface area (Å²) in [4.78, 5) is 23.0. The van der Waals surface area contributed by atoms with E-state index in [1.165, 1.54) is 0 Å². The molecule has 0 spiro atoms. The molecule has 0 saturated heterocycles. The van der Waals surface area contributed by atoms with Crippen LogP contribution in [0, 0.1) is 0 Å². The highest BCUT2D eigenvalue weighted by molar-refractivity contribution is 5.91. The fourth-order valence-corrected chi connectivity index (χ4v) is 1.43. The number of nitrogens with one attached hydrogen (secondary N) is 1. The second-order valence-electron chi connectivity index (χ2n) is 4.33. The predicted molar refractivity (Wildman–Crippen MR) is 76.9 cm³/mol. The first kappa shape index (κ1) is 16.0. The molecule has 1 aromatic rings. The molecular weight excluding hydrogens is 258 g/mol. The standard InChI is InChI=1S/C15H21NO4/c1-3-5-11-19-14(17)12-6-8-13(9-7-12)16-15(18)20-10-4-2/h6-9H,3-5,10-11H2,1-2H3,(H,16,18). The van der Waals surface area contributed by atoms with E-state index in [2.05, 4.69) is 5.32 Å². The van der Waals surface area contributed by atoms with Gasteiger partial charge in [0, 0.05) is 5.69 Å². The minimum absolute atomic E-state index is 0.349. The van der Waals surface area contributed by atoms with Crippen LogP contribution < -0.4 is 5.32 Å². The van der Waals surface area contributed by atoms with E-state index in [1.54, 1.807) is 24.3 Å². The van der Waals surface area contributed by atoms with Crippen molar-refractivity contribution in [3.63, 3.8) is 0 Å². The van der Waals surface area contributed by atoms with Gasteiger partial charge < -0.3 is 9.47 Å². The molecule has 0 aliphatic rings. The van der Waals surface area contributed by atoms with Gasteiger partial charge in [-0.05, 0) is 37.1 Å². The molecule has 0 heterocycles. The third-order valence-corrected chi connectivity index (χ3v) is 2.54. The van der Waals surface area contributed by atoms with Crippen molar-refractivity contribution in [2.45, 2.75) is 33.1 Å². The molecule has 0 bridgehead atoms. The van der Waals surface area contributed by atoms with Crippen molar-refractivity contribution in [1.29, 1.82) is 0 Å². The first-order valence-electron chi connectivity index (χ1n) is 6.88. The molecule has 0 fully saturated rings. The Bertz CT molecular complexity index is 428.